The molecule has 1 rings (SSSR count). The molecule has 0 bridgehead atoms. The summed E-state index contributed by atoms with van der Waals surface area (Å²) in [4.78, 5) is 1.21. The van der Waals surface area contributed by atoms with Crippen molar-refractivity contribution in [2.45, 2.75) is 42.0 Å². The monoisotopic (exact) mass is 302 g/mol. The van der Waals surface area contributed by atoms with E-state index in [1.807, 2.05) is 26.2 Å². The molecule has 4 nitrogen and oxygen atoms in total. The molecule has 0 fully saturated rings. The summed E-state index contributed by atoms with van der Waals surface area (Å²) in [5.41, 5.74) is 5.62. The van der Waals surface area contributed by atoms with Crippen molar-refractivity contribution in [3.8, 4) is 0 Å². The van der Waals surface area contributed by atoms with Crippen LogP contribution in [0.1, 0.15) is 26.7 Å². The number of sulfonamides is 1. The van der Waals surface area contributed by atoms with Crippen LogP contribution in [0.3, 0.4) is 0 Å². The molecule has 19 heavy (non-hydrogen) atoms. The summed E-state index contributed by atoms with van der Waals surface area (Å²) in [5.74, 6) is 0. The van der Waals surface area contributed by atoms with E-state index in [9.17, 15) is 8.42 Å². The van der Waals surface area contributed by atoms with Crippen molar-refractivity contribution in [1.29, 1.82) is 0 Å². The molecular weight excluding hydrogens is 280 g/mol. The van der Waals surface area contributed by atoms with Gasteiger partial charge >= 0.3 is 0 Å². The minimum atomic E-state index is -3.49. The molecule has 0 heterocycles. The van der Waals surface area contributed by atoms with Gasteiger partial charge in [0.15, 0.2) is 0 Å². The summed E-state index contributed by atoms with van der Waals surface area (Å²) in [6, 6.07) is 6.89. The van der Waals surface area contributed by atoms with E-state index in [1.54, 1.807) is 18.2 Å². The standard InChI is InChI=1S/C13H22N2O2S2/c1-4-13(14,5-2)10-15-19(16,17)12-8-6-7-11(9-12)18-3/h6-9,15H,4-5,10,14H2,1-3H3. The molecule has 3 N–H and O–H groups in total. The number of thioether (sulfide) groups is 1. The molecule has 0 atom stereocenters. The second kappa shape index (κ2) is 6.74. The van der Waals surface area contributed by atoms with Crippen LogP contribution in [0.25, 0.3) is 0 Å². The Kier molecular flexibility index (Phi) is 5.85. The van der Waals surface area contributed by atoms with Crippen LogP contribution in [0, 0.1) is 0 Å². The minimum Gasteiger partial charge on any atom is -0.324 e. The van der Waals surface area contributed by atoms with Crippen LogP contribution in [0.15, 0.2) is 34.1 Å². The van der Waals surface area contributed by atoms with Gasteiger partial charge in [-0.1, -0.05) is 19.9 Å². The van der Waals surface area contributed by atoms with Gasteiger partial charge in [0.2, 0.25) is 10.0 Å². The zero-order valence-corrected chi connectivity index (χ0v) is 13.3. The highest BCUT2D eigenvalue weighted by Crippen LogP contribution is 2.19. The van der Waals surface area contributed by atoms with Crippen molar-refractivity contribution >= 4 is 21.8 Å². The highest BCUT2D eigenvalue weighted by atomic mass is 32.2. The molecular formula is C13H22N2O2S2. The van der Waals surface area contributed by atoms with E-state index in [-0.39, 0.29) is 11.4 Å². The van der Waals surface area contributed by atoms with Gasteiger partial charge in [0, 0.05) is 17.0 Å². The Hall–Kier alpha value is -0.560. The van der Waals surface area contributed by atoms with Crippen molar-refractivity contribution in [2.75, 3.05) is 12.8 Å². The number of rotatable bonds is 7. The molecule has 0 amide bonds. The molecule has 0 aliphatic rings. The van der Waals surface area contributed by atoms with Gasteiger partial charge in [0.05, 0.1) is 4.90 Å². The topological polar surface area (TPSA) is 72.2 Å². The molecule has 6 heteroatoms. The van der Waals surface area contributed by atoms with Crippen molar-refractivity contribution in [3.63, 3.8) is 0 Å². The van der Waals surface area contributed by atoms with E-state index in [1.165, 1.54) is 11.8 Å². The van der Waals surface area contributed by atoms with E-state index < -0.39 is 15.6 Å². The van der Waals surface area contributed by atoms with Crippen molar-refractivity contribution in [3.05, 3.63) is 24.3 Å². The third-order valence-corrected chi connectivity index (χ3v) is 5.50. The van der Waals surface area contributed by atoms with Crippen molar-refractivity contribution in [1.82, 2.24) is 4.72 Å². The Labute approximate surface area is 120 Å². The Morgan fingerprint density at radius 2 is 1.95 bits per heavy atom. The predicted octanol–water partition coefficient (Wildman–Crippen LogP) is 2.20. The average molecular weight is 302 g/mol. The van der Waals surface area contributed by atoms with Crippen molar-refractivity contribution in [2.24, 2.45) is 5.73 Å². The summed E-state index contributed by atoms with van der Waals surface area (Å²) in [6.07, 6.45) is 3.38. The SMILES string of the molecule is CCC(N)(CC)CNS(=O)(=O)c1cccc(SC)c1. The highest BCUT2D eigenvalue weighted by molar-refractivity contribution is 7.98. The number of hydrogen-bond acceptors (Lipinski definition) is 4. The predicted molar refractivity (Wildman–Crippen MR) is 80.9 cm³/mol. The maximum Gasteiger partial charge on any atom is 0.240 e. The number of nitrogens with two attached hydrogens (primary N) is 1. The van der Waals surface area contributed by atoms with Crippen LogP contribution < -0.4 is 10.5 Å². The summed E-state index contributed by atoms with van der Waals surface area (Å²) in [5, 5.41) is 0. The minimum absolute atomic E-state index is 0.256. The molecule has 0 aliphatic heterocycles. The Bertz CT molecular complexity index is 511. The fraction of sp³-hybridized carbons (Fsp3) is 0.538. The van der Waals surface area contributed by atoms with Gasteiger partial charge in [-0.05, 0) is 37.3 Å². The summed E-state index contributed by atoms with van der Waals surface area (Å²) in [7, 11) is -3.49. The number of nitrogens with one attached hydrogen (secondary N) is 1. The lowest BCUT2D eigenvalue weighted by Gasteiger charge is -2.26. The molecule has 1 aromatic carbocycles. The molecule has 1 aromatic rings. The Morgan fingerprint density at radius 3 is 2.47 bits per heavy atom. The lowest BCUT2D eigenvalue weighted by atomic mass is 9.95. The number of hydrogen-bond donors (Lipinski definition) is 2. The smallest absolute Gasteiger partial charge is 0.240 e. The van der Waals surface area contributed by atoms with Crippen LogP contribution >= 0.6 is 11.8 Å². The van der Waals surface area contributed by atoms with Gasteiger partial charge in [0.25, 0.3) is 0 Å². The van der Waals surface area contributed by atoms with Crippen LogP contribution in [-0.2, 0) is 10.0 Å². The maximum absolute atomic E-state index is 12.2. The molecule has 0 saturated heterocycles. The largest absolute Gasteiger partial charge is 0.324 e. The first-order valence-corrected chi connectivity index (χ1v) is 9.00. The second-order valence-corrected chi connectivity index (χ2v) is 7.22. The zero-order chi connectivity index (χ0) is 14.5. The maximum atomic E-state index is 12.2. The molecule has 0 spiro atoms. The Balaban J connectivity index is 2.86. The van der Waals surface area contributed by atoms with E-state index in [2.05, 4.69) is 4.72 Å². The highest BCUT2D eigenvalue weighted by Gasteiger charge is 2.24. The molecule has 0 saturated carbocycles. The van der Waals surface area contributed by atoms with Gasteiger partial charge in [-0.15, -0.1) is 11.8 Å². The van der Waals surface area contributed by atoms with Crippen LogP contribution in [0.5, 0.6) is 0 Å². The molecule has 0 unspecified atom stereocenters. The molecule has 108 valence electrons. The van der Waals surface area contributed by atoms with Gasteiger partial charge in [-0.25, -0.2) is 13.1 Å². The van der Waals surface area contributed by atoms with E-state index in [0.717, 1.165) is 17.7 Å². The van der Waals surface area contributed by atoms with E-state index in [4.69, 9.17) is 5.73 Å². The normalized spacial score (nSPS) is 12.6. The van der Waals surface area contributed by atoms with Gasteiger partial charge < -0.3 is 5.73 Å². The Morgan fingerprint density at radius 1 is 1.32 bits per heavy atom. The number of benzene rings is 1. The molecule has 0 aromatic heterocycles. The summed E-state index contributed by atoms with van der Waals surface area (Å²) in [6.45, 7) is 4.18. The van der Waals surface area contributed by atoms with Gasteiger partial charge in [0.1, 0.15) is 0 Å². The lowest BCUT2D eigenvalue weighted by molar-refractivity contribution is 0.392. The third-order valence-electron chi connectivity index (χ3n) is 3.37. The third kappa shape index (κ3) is 4.49. The van der Waals surface area contributed by atoms with Crippen LogP contribution in [0.2, 0.25) is 0 Å². The quantitative estimate of drug-likeness (QED) is 0.757. The lowest BCUT2D eigenvalue weighted by Crippen LogP contribution is -2.49. The summed E-state index contributed by atoms with van der Waals surface area (Å²) < 4.78 is 27.0. The zero-order valence-electron chi connectivity index (χ0n) is 11.6. The second-order valence-electron chi connectivity index (χ2n) is 4.57. The fourth-order valence-electron chi connectivity index (χ4n) is 1.59. The van der Waals surface area contributed by atoms with E-state index in [0.29, 0.717) is 0 Å². The first kappa shape index (κ1) is 16.5. The van der Waals surface area contributed by atoms with Crippen LogP contribution in [-0.4, -0.2) is 26.8 Å². The van der Waals surface area contributed by atoms with Gasteiger partial charge in [-0.3, -0.25) is 0 Å². The van der Waals surface area contributed by atoms with Crippen molar-refractivity contribution < 1.29 is 8.42 Å². The molecule has 0 radical (unpaired) electrons. The van der Waals surface area contributed by atoms with E-state index >= 15 is 0 Å². The van der Waals surface area contributed by atoms with Crippen LogP contribution in [0.4, 0.5) is 0 Å². The fourth-order valence-corrected chi connectivity index (χ4v) is 3.31. The van der Waals surface area contributed by atoms with Gasteiger partial charge in [-0.2, -0.15) is 0 Å². The summed E-state index contributed by atoms with van der Waals surface area (Å²) >= 11 is 1.51. The molecule has 0 aliphatic carbocycles. The average Bonchev–Trinajstić information content (AvgIpc) is 2.45. The first-order chi connectivity index (χ1) is 8.87. The first-order valence-electron chi connectivity index (χ1n) is 6.29.